The number of carbonyl (C=O) groups is 1. The molecular formula is C21H22N2O4. The van der Waals surface area contributed by atoms with Crippen LogP contribution in [0.2, 0.25) is 0 Å². The van der Waals surface area contributed by atoms with Gasteiger partial charge in [0.1, 0.15) is 11.3 Å². The van der Waals surface area contributed by atoms with Crippen molar-refractivity contribution in [2.45, 2.75) is 25.3 Å². The van der Waals surface area contributed by atoms with Crippen LogP contribution in [0.3, 0.4) is 0 Å². The Balaban J connectivity index is 1.55. The molecule has 4 rings (SSSR count). The van der Waals surface area contributed by atoms with Crippen LogP contribution >= 0.6 is 0 Å². The number of aromatic nitrogens is 1. The molecule has 1 aromatic heterocycles. The molecule has 1 N–H and O–H groups in total. The maximum absolute atomic E-state index is 12.8. The quantitative estimate of drug-likeness (QED) is 0.751. The summed E-state index contributed by atoms with van der Waals surface area (Å²) in [6.45, 7) is 0.684. The second kappa shape index (κ2) is 7.40. The molecule has 2 heterocycles. The van der Waals surface area contributed by atoms with Gasteiger partial charge in [-0.2, -0.15) is 0 Å². The Bertz CT molecular complexity index is 948. The summed E-state index contributed by atoms with van der Waals surface area (Å²) in [6.07, 6.45) is 2.34. The number of aliphatic hydroxyl groups is 1. The molecule has 6 nitrogen and oxygen atoms in total. The molecule has 1 aliphatic heterocycles. The first-order valence-electron chi connectivity index (χ1n) is 9.12. The van der Waals surface area contributed by atoms with Crippen molar-refractivity contribution < 1.29 is 19.1 Å². The van der Waals surface area contributed by atoms with E-state index >= 15 is 0 Å². The number of benzene rings is 2. The molecule has 1 fully saturated rings. The lowest BCUT2D eigenvalue weighted by atomic mass is 10.1. The van der Waals surface area contributed by atoms with Gasteiger partial charge in [-0.25, -0.2) is 4.98 Å². The lowest BCUT2D eigenvalue weighted by Gasteiger charge is -2.22. The first-order chi connectivity index (χ1) is 13.2. The van der Waals surface area contributed by atoms with Crippen LogP contribution in [0.4, 0.5) is 0 Å². The monoisotopic (exact) mass is 366 g/mol. The van der Waals surface area contributed by atoms with E-state index in [0.29, 0.717) is 30.0 Å². The highest BCUT2D eigenvalue weighted by atomic mass is 16.5. The molecule has 0 unspecified atom stereocenters. The zero-order chi connectivity index (χ0) is 18.8. The number of hydrogen-bond donors (Lipinski definition) is 1. The smallest absolute Gasteiger partial charge is 0.254 e. The molecule has 140 valence electrons. The number of carbonyl (C=O) groups excluding carboxylic acids is 1. The lowest BCUT2D eigenvalue weighted by Crippen LogP contribution is -2.37. The molecule has 0 spiro atoms. The molecule has 0 saturated carbocycles. The fraction of sp³-hybridized carbons (Fsp3) is 0.333. The minimum Gasteiger partial charge on any atom is -0.497 e. The molecule has 27 heavy (non-hydrogen) atoms. The first kappa shape index (κ1) is 17.5. The van der Waals surface area contributed by atoms with E-state index in [4.69, 9.17) is 9.15 Å². The summed E-state index contributed by atoms with van der Waals surface area (Å²) in [4.78, 5) is 19.0. The van der Waals surface area contributed by atoms with E-state index in [1.807, 2.05) is 30.3 Å². The fourth-order valence-corrected chi connectivity index (χ4v) is 3.56. The van der Waals surface area contributed by atoms with Crippen LogP contribution in [-0.4, -0.2) is 47.2 Å². The maximum atomic E-state index is 12.8. The van der Waals surface area contributed by atoms with Crippen LogP contribution in [0.25, 0.3) is 11.1 Å². The third-order valence-corrected chi connectivity index (χ3v) is 5.04. The minimum atomic E-state index is -0.0893. The molecule has 6 heteroatoms. The van der Waals surface area contributed by atoms with Crippen LogP contribution in [0, 0.1) is 0 Å². The topological polar surface area (TPSA) is 75.8 Å². The van der Waals surface area contributed by atoms with Crippen molar-refractivity contribution >= 4 is 17.0 Å². The Morgan fingerprint density at radius 1 is 1.30 bits per heavy atom. The van der Waals surface area contributed by atoms with Gasteiger partial charge in [0.25, 0.3) is 5.91 Å². The van der Waals surface area contributed by atoms with Crippen molar-refractivity contribution in [3.63, 3.8) is 0 Å². The number of hydrogen-bond acceptors (Lipinski definition) is 5. The van der Waals surface area contributed by atoms with E-state index in [-0.39, 0.29) is 18.6 Å². The third-order valence-electron chi connectivity index (χ3n) is 5.04. The predicted octanol–water partition coefficient (Wildman–Crippen LogP) is 3.02. The van der Waals surface area contributed by atoms with Crippen LogP contribution < -0.4 is 4.74 Å². The largest absolute Gasteiger partial charge is 0.497 e. The van der Waals surface area contributed by atoms with Gasteiger partial charge in [-0.1, -0.05) is 12.1 Å². The first-order valence-corrected chi connectivity index (χ1v) is 9.12. The zero-order valence-electron chi connectivity index (χ0n) is 15.2. The second-order valence-electron chi connectivity index (χ2n) is 6.79. The van der Waals surface area contributed by atoms with Gasteiger partial charge in [0, 0.05) is 18.5 Å². The SMILES string of the molecule is COc1ccc(Cc2nc3ccc(C(=O)N4CCC[C@H]4CO)cc3o2)cc1. The van der Waals surface area contributed by atoms with E-state index in [1.54, 1.807) is 24.1 Å². The van der Waals surface area contributed by atoms with Gasteiger partial charge >= 0.3 is 0 Å². The van der Waals surface area contributed by atoms with Crippen LogP contribution in [0.5, 0.6) is 5.75 Å². The predicted molar refractivity (Wildman–Crippen MR) is 101 cm³/mol. The van der Waals surface area contributed by atoms with Gasteiger partial charge in [0.2, 0.25) is 0 Å². The average molecular weight is 366 g/mol. The number of fused-ring (bicyclic) bond motifs is 1. The van der Waals surface area contributed by atoms with Crippen molar-refractivity contribution in [2.24, 2.45) is 0 Å². The standard InChI is InChI=1S/C21H22N2O4/c1-26-17-7-4-14(5-8-17)11-20-22-18-9-6-15(12-19(18)27-20)21(25)23-10-2-3-16(23)13-24/h4-9,12,16,24H,2-3,10-11,13H2,1H3/t16-/m0/s1. The summed E-state index contributed by atoms with van der Waals surface area (Å²) >= 11 is 0. The molecule has 1 saturated heterocycles. The number of likely N-dealkylation sites (tertiary alicyclic amines) is 1. The van der Waals surface area contributed by atoms with Crippen LogP contribution in [0.15, 0.2) is 46.9 Å². The van der Waals surface area contributed by atoms with Crippen molar-refractivity contribution in [3.8, 4) is 5.75 Å². The molecule has 0 radical (unpaired) electrons. The van der Waals surface area contributed by atoms with Crippen molar-refractivity contribution in [3.05, 3.63) is 59.5 Å². The highest BCUT2D eigenvalue weighted by Crippen LogP contribution is 2.24. The Morgan fingerprint density at radius 3 is 2.85 bits per heavy atom. The number of nitrogens with zero attached hydrogens (tertiary/aromatic N) is 2. The molecular weight excluding hydrogens is 344 g/mol. The fourth-order valence-electron chi connectivity index (χ4n) is 3.56. The van der Waals surface area contributed by atoms with Crippen LogP contribution in [0.1, 0.15) is 34.7 Å². The summed E-state index contributed by atoms with van der Waals surface area (Å²) in [7, 11) is 1.64. The van der Waals surface area contributed by atoms with Gasteiger partial charge < -0.3 is 19.2 Å². The van der Waals surface area contributed by atoms with Gasteiger partial charge in [0.15, 0.2) is 11.5 Å². The number of amides is 1. The highest BCUT2D eigenvalue weighted by Gasteiger charge is 2.29. The normalized spacial score (nSPS) is 16.8. The molecule has 1 amide bonds. The van der Waals surface area contributed by atoms with E-state index < -0.39 is 0 Å². The van der Waals surface area contributed by atoms with Gasteiger partial charge in [-0.05, 0) is 48.7 Å². The third kappa shape index (κ3) is 3.53. The van der Waals surface area contributed by atoms with Gasteiger partial charge in [0.05, 0.1) is 19.8 Å². The van der Waals surface area contributed by atoms with Gasteiger partial charge in [-0.3, -0.25) is 4.79 Å². The summed E-state index contributed by atoms with van der Waals surface area (Å²) in [6, 6.07) is 13.0. The number of aliphatic hydroxyl groups excluding tert-OH is 1. The molecule has 0 bridgehead atoms. The molecule has 0 aliphatic carbocycles. The Morgan fingerprint density at radius 2 is 2.11 bits per heavy atom. The molecule has 1 aliphatic rings. The molecule has 3 aromatic rings. The van der Waals surface area contributed by atoms with E-state index in [0.717, 1.165) is 29.7 Å². The zero-order valence-corrected chi connectivity index (χ0v) is 15.2. The summed E-state index contributed by atoms with van der Waals surface area (Å²) < 4.78 is 11.0. The van der Waals surface area contributed by atoms with Crippen molar-refractivity contribution in [1.29, 1.82) is 0 Å². The molecule has 1 atom stereocenters. The van der Waals surface area contributed by atoms with E-state index in [1.165, 1.54) is 0 Å². The minimum absolute atomic E-state index is 0.00228. The molecule has 2 aromatic carbocycles. The Hall–Kier alpha value is -2.86. The summed E-state index contributed by atoms with van der Waals surface area (Å²) in [5.74, 6) is 1.35. The van der Waals surface area contributed by atoms with Gasteiger partial charge in [-0.15, -0.1) is 0 Å². The Labute approximate surface area is 157 Å². The summed E-state index contributed by atoms with van der Waals surface area (Å²) in [5.41, 5.74) is 2.97. The number of oxazole rings is 1. The lowest BCUT2D eigenvalue weighted by molar-refractivity contribution is 0.0677. The maximum Gasteiger partial charge on any atom is 0.254 e. The number of ether oxygens (including phenoxy) is 1. The van der Waals surface area contributed by atoms with Crippen LogP contribution in [-0.2, 0) is 6.42 Å². The van der Waals surface area contributed by atoms with E-state index in [9.17, 15) is 9.90 Å². The number of rotatable bonds is 5. The van der Waals surface area contributed by atoms with Crippen molar-refractivity contribution in [1.82, 2.24) is 9.88 Å². The average Bonchev–Trinajstić information content (AvgIpc) is 3.33. The van der Waals surface area contributed by atoms with E-state index in [2.05, 4.69) is 4.98 Å². The summed E-state index contributed by atoms with van der Waals surface area (Å²) in [5, 5.41) is 9.45. The Kier molecular flexibility index (Phi) is 4.81. The second-order valence-corrected chi connectivity index (χ2v) is 6.79. The van der Waals surface area contributed by atoms with Crippen molar-refractivity contribution in [2.75, 3.05) is 20.3 Å². The highest BCUT2D eigenvalue weighted by molar-refractivity contribution is 5.97. The number of methoxy groups -OCH3 is 1.